The predicted molar refractivity (Wildman–Crippen MR) is 102 cm³/mol. The van der Waals surface area contributed by atoms with Crippen LogP contribution < -0.4 is 5.32 Å². The monoisotopic (exact) mass is 394 g/mol. The minimum atomic E-state index is -4.01. The highest BCUT2D eigenvalue weighted by atomic mass is 32.2. The van der Waals surface area contributed by atoms with Gasteiger partial charge in [-0.2, -0.15) is 4.31 Å². The third kappa shape index (κ3) is 4.91. The largest absolute Gasteiger partial charge is 0.380 e. The smallest absolute Gasteiger partial charge is 0.255 e. The van der Waals surface area contributed by atoms with Gasteiger partial charge in [-0.25, -0.2) is 12.8 Å². The van der Waals surface area contributed by atoms with E-state index in [4.69, 9.17) is 4.74 Å². The number of amides is 1. The van der Waals surface area contributed by atoms with E-state index in [1.54, 1.807) is 39.2 Å². The highest BCUT2D eigenvalue weighted by Gasteiger charge is 2.26. The summed E-state index contributed by atoms with van der Waals surface area (Å²) < 4.78 is 45.6. The zero-order valence-corrected chi connectivity index (χ0v) is 16.3. The van der Waals surface area contributed by atoms with Gasteiger partial charge in [-0.15, -0.1) is 0 Å². The van der Waals surface area contributed by atoms with Gasteiger partial charge in [0.1, 0.15) is 10.7 Å². The van der Waals surface area contributed by atoms with Crippen LogP contribution in [0.25, 0.3) is 0 Å². The van der Waals surface area contributed by atoms with Gasteiger partial charge in [0, 0.05) is 31.5 Å². The fourth-order valence-corrected chi connectivity index (χ4v) is 4.20. The van der Waals surface area contributed by atoms with Gasteiger partial charge >= 0.3 is 0 Å². The predicted octanol–water partition coefficient (Wildman–Crippen LogP) is 3.25. The maximum absolute atomic E-state index is 14.2. The average molecular weight is 394 g/mol. The minimum absolute atomic E-state index is 0.0549. The number of anilines is 1. The highest BCUT2D eigenvalue weighted by Crippen LogP contribution is 2.22. The molecule has 146 valence electrons. The van der Waals surface area contributed by atoms with Crippen molar-refractivity contribution in [3.05, 3.63) is 59.4 Å². The number of hydrogen-bond donors (Lipinski definition) is 1. The molecule has 0 aliphatic heterocycles. The number of hydrogen-bond acceptors (Lipinski definition) is 4. The summed E-state index contributed by atoms with van der Waals surface area (Å²) in [6.07, 6.45) is 0. The normalized spacial score (nSPS) is 11.6. The Morgan fingerprint density at radius 3 is 2.48 bits per heavy atom. The van der Waals surface area contributed by atoms with Gasteiger partial charge in [-0.1, -0.05) is 26.0 Å². The molecule has 27 heavy (non-hydrogen) atoms. The Kier molecular flexibility index (Phi) is 7.06. The van der Waals surface area contributed by atoms with Gasteiger partial charge < -0.3 is 10.1 Å². The lowest BCUT2D eigenvalue weighted by Gasteiger charge is -2.19. The second kappa shape index (κ2) is 9.07. The van der Waals surface area contributed by atoms with E-state index in [0.717, 1.165) is 22.0 Å². The number of halogens is 1. The molecular weight excluding hydrogens is 371 g/mol. The van der Waals surface area contributed by atoms with Crippen molar-refractivity contribution in [2.24, 2.45) is 0 Å². The third-order valence-electron chi connectivity index (χ3n) is 4.01. The fourth-order valence-electron chi connectivity index (χ4n) is 2.65. The Morgan fingerprint density at radius 2 is 1.85 bits per heavy atom. The van der Waals surface area contributed by atoms with Crippen molar-refractivity contribution >= 4 is 21.6 Å². The fraction of sp³-hybridized carbons (Fsp3) is 0.316. The molecule has 2 rings (SSSR count). The highest BCUT2D eigenvalue weighted by molar-refractivity contribution is 7.89. The van der Waals surface area contributed by atoms with Crippen molar-refractivity contribution in [1.82, 2.24) is 4.31 Å². The van der Waals surface area contributed by atoms with Gasteiger partial charge in [0.2, 0.25) is 10.0 Å². The van der Waals surface area contributed by atoms with Gasteiger partial charge in [-0.05, 0) is 35.9 Å². The summed E-state index contributed by atoms with van der Waals surface area (Å²) in [6.45, 7) is 4.15. The molecule has 0 saturated carbocycles. The molecule has 0 heterocycles. The van der Waals surface area contributed by atoms with Crippen molar-refractivity contribution in [1.29, 1.82) is 0 Å². The van der Waals surface area contributed by atoms with Crippen LogP contribution in [-0.2, 0) is 21.4 Å². The van der Waals surface area contributed by atoms with Crippen molar-refractivity contribution in [2.75, 3.05) is 25.5 Å². The molecule has 0 aliphatic rings. The maximum Gasteiger partial charge on any atom is 0.255 e. The number of ether oxygens (including phenoxy) is 1. The second-order valence-corrected chi connectivity index (χ2v) is 7.73. The summed E-state index contributed by atoms with van der Waals surface area (Å²) >= 11 is 0. The van der Waals surface area contributed by atoms with Crippen molar-refractivity contribution in [3.8, 4) is 0 Å². The standard InChI is InChI=1S/C19H23FN2O4S/c1-4-22(5-2)27(24,25)18-12-15(9-10-17(18)20)19(23)21-16-8-6-7-14(11-16)13-26-3/h6-12H,4-5,13H2,1-3H3,(H,21,23). The first-order valence-electron chi connectivity index (χ1n) is 8.52. The van der Waals surface area contributed by atoms with Crippen LogP contribution in [-0.4, -0.2) is 38.8 Å². The third-order valence-corrected chi connectivity index (χ3v) is 6.08. The molecule has 2 aromatic rings. The first kappa shape index (κ1) is 21.0. The number of rotatable bonds is 8. The van der Waals surface area contributed by atoms with Crippen LogP contribution in [0.1, 0.15) is 29.8 Å². The summed E-state index contributed by atoms with van der Waals surface area (Å²) in [4.78, 5) is 12.0. The molecule has 1 N–H and O–H groups in total. The van der Waals surface area contributed by atoms with E-state index in [9.17, 15) is 17.6 Å². The molecule has 0 atom stereocenters. The van der Waals surface area contributed by atoms with Crippen LogP contribution in [0.15, 0.2) is 47.4 Å². The number of carbonyl (C=O) groups is 1. The van der Waals surface area contributed by atoms with E-state index in [2.05, 4.69) is 5.32 Å². The molecule has 6 nitrogen and oxygen atoms in total. The molecule has 0 fully saturated rings. The van der Waals surface area contributed by atoms with Crippen molar-refractivity contribution in [3.63, 3.8) is 0 Å². The minimum Gasteiger partial charge on any atom is -0.380 e. The molecular formula is C19H23FN2O4S. The number of benzene rings is 2. The Bertz CT molecular complexity index is 912. The number of nitrogens with zero attached hydrogens (tertiary/aromatic N) is 1. The molecule has 0 spiro atoms. The van der Waals surface area contributed by atoms with E-state index < -0.39 is 26.6 Å². The van der Waals surface area contributed by atoms with E-state index in [1.807, 2.05) is 6.07 Å². The van der Waals surface area contributed by atoms with Gasteiger partial charge in [0.05, 0.1) is 6.61 Å². The van der Waals surface area contributed by atoms with Crippen molar-refractivity contribution < 1.29 is 22.3 Å². The zero-order chi connectivity index (χ0) is 20.0. The summed E-state index contributed by atoms with van der Waals surface area (Å²) in [6, 6.07) is 10.4. The quantitative estimate of drug-likeness (QED) is 0.746. The number of methoxy groups -OCH3 is 1. The summed E-state index contributed by atoms with van der Waals surface area (Å²) in [7, 11) is -2.44. The molecule has 0 aromatic heterocycles. The molecule has 0 unspecified atom stereocenters. The lowest BCUT2D eigenvalue weighted by molar-refractivity contribution is 0.102. The van der Waals surface area contributed by atoms with E-state index in [-0.39, 0.29) is 18.7 Å². The first-order valence-corrected chi connectivity index (χ1v) is 9.96. The van der Waals surface area contributed by atoms with Crippen LogP contribution in [0.5, 0.6) is 0 Å². The van der Waals surface area contributed by atoms with Crippen LogP contribution >= 0.6 is 0 Å². The van der Waals surface area contributed by atoms with Crippen LogP contribution in [0.4, 0.5) is 10.1 Å². The van der Waals surface area contributed by atoms with E-state index in [1.165, 1.54) is 6.07 Å². The lowest BCUT2D eigenvalue weighted by Crippen LogP contribution is -2.31. The van der Waals surface area contributed by atoms with Gasteiger partial charge in [0.25, 0.3) is 5.91 Å². The Morgan fingerprint density at radius 1 is 1.15 bits per heavy atom. The van der Waals surface area contributed by atoms with Crippen molar-refractivity contribution in [2.45, 2.75) is 25.3 Å². The summed E-state index contributed by atoms with van der Waals surface area (Å²) in [5.41, 5.74) is 1.46. The number of carbonyl (C=O) groups excluding carboxylic acids is 1. The summed E-state index contributed by atoms with van der Waals surface area (Å²) in [5.74, 6) is -1.42. The Balaban J connectivity index is 2.32. The van der Waals surface area contributed by atoms with Gasteiger partial charge in [0.15, 0.2) is 0 Å². The maximum atomic E-state index is 14.2. The zero-order valence-electron chi connectivity index (χ0n) is 15.5. The van der Waals surface area contributed by atoms with E-state index in [0.29, 0.717) is 12.3 Å². The molecule has 0 aliphatic carbocycles. The van der Waals surface area contributed by atoms with E-state index >= 15 is 0 Å². The topological polar surface area (TPSA) is 75.7 Å². The average Bonchev–Trinajstić information content (AvgIpc) is 2.63. The molecule has 0 radical (unpaired) electrons. The van der Waals surface area contributed by atoms with Crippen LogP contribution in [0, 0.1) is 5.82 Å². The Labute approximate surface area is 159 Å². The molecule has 2 aromatic carbocycles. The SMILES string of the molecule is CCN(CC)S(=O)(=O)c1cc(C(=O)Nc2cccc(COC)c2)ccc1F. The van der Waals surface area contributed by atoms with Crippen LogP contribution in [0.3, 0.4) is 0 Å². The molecule has 0 saturated heterocycles. The second-order valence-electron chi connectivity index (χ2n) is 5.82. The first-order chi connectivity index (χ1) is 12.8. The molecule has 8 heteroatoms. The van der Waals surface area contributed by atoms with Gasteiger partial charge in [-0.3, -0.25) is 4.79 Å². The number of sulfonamides is 1. The van der Waals surface area contributed by atoms with Crippen LogP contribution in [0.2, 0.25) is 0 Å². The lowest BCUT2D eigenvalue weighted by atomic mass is 10.2. The summed E-state index contributed by atoms with van der Waals surface area (Å²) in [5, 5.41) is 2.69. The molecule has 0 bridgehead atoms. The Hall–Kier alpha value is -2.29. The molecule has 1 amide bonds. The number of nitrogens with one attached hydrogen (secondary N) is 1.